The van der Waals surface area contributed by atoms with Gasteiger partial charge in [-0.05, 0) is 42.3 Å². The van der Waals surface area contributed by atoms with Crippen molar-refractivity contribution < 1.29 is 23.5 Å². The van der Waals surface area contributed by atoms with Crippen LogP contribution in [0.5, 0.6) is 11.5 Å². The van der Waals surface area contributed by atoms with Crippen molar-refractivity contribution in [2.45, 2.75) is 13.8 Å². The van der Waals surface area contributed by atoms with Gasteiger partial charge in [0.2, 0.25) is 5.78 Å². The second kappa shape index (κ2) is 5.68. The number of hydrogen-bond donors (Lipinski definition) is 0. The Balaban J connectivity index is 1.98. The quantitative estimate of drug-likeness (QED) is 0.482. The fourth-order valence-corrected chi connectivity index (χ4v) is 2.45. The smallest absolute Gasteiger partial charge is 0.308 e. The fourth-order valence-electron chi connectivity index (χ4n) is 2.45. The van der Waals surface area contributed by atoms with Gasteiger partial charge in [-0.3, -0.25) is 9.59 Å². The lowest BCUT2D eigenvalue weighted by Crippen LogP contribution is -2.02. The molecule has 2 aromatic rings. The number of carbonyl (C=O) groups excluding carboxylic acids is 2. The van der Waals surface area contributed by atoms with Crippen molar-refractivity contribution in [3.8, 4) is 11.5 Å². The van der Waals surface area contributed by atoms with Crippen LogP contribution in [0.1, 0.15) is 28.4 Å². The standard InChI is InChI=1S/C18H13FO4/c1-10-6-14(22-11(2)20)9-15-17(10)18(21)16(23-15)8-12-4-3-5-13(19)7-12/h3-9H,1-2H3/b16-8-. The van der Waals surface area contributed by atoms with Gasteiger partial charge in [0.15, 0.2) is 5.76 Å². The lowest BCUT2D eigenvalue weighted by Gasteiger charge is -2.05. The molecule has 2 aromatic carbocycles. The number of benzene rings is 2. The van der Waals surface area contributed by atoms with Crippen LogP contribution in [-0.4, -0.2) is 11.8 Å². The predicted octanol–water partition coefficient (Wildman–Crippen LogP) is 3.68. The third-order valence-electron chi connectivity index (χ3n) is 3.35. The summed E-state index contributed by atoms with van der Waals surface area (Å²) in [6.45, 7) is 3.03. The van der Waals surface area contributed by atoms with Crippen molar-refractivity contribution in [1.29, 1.82) is 0 Å². The minimum atomic E-state index is -0.454. The minimum Gasteiger partial charge on any atom is -0.452 e. The van der Waals surface area contributed by atoms with Crippen LogP contribution in [0, 0.1) is 12.7 Å². The maximum atomic E-state index is 13.2. The summed E-state index contributed by atoms with van der Waals surface area (Å²) in [7, 11) is 0. The monoisotopic (exact) mass is 312 g/mol. The van der Waals surface area contributed by atoms with Gasteiger partial charge in [-0.2, -0.15) is 0 Å². The Morgan fingerprint density at radius 1 is 1.26 bits per heavy atom. The van der Waals surface area contributed by atoms with Gasteiger partial charge in [-0.25, -0.2) is 4.39 Å². The highest BCUT2D eigenvalue weighted by atomic mass is 19.1. The summed E-state index contributed by atoms with van der Waals surface area (Å²) in [6, 6.07) is 8.96. The van der Waals surface area contributed by atoms with E-state index in [9.17, 15) is 14.0 Å². The molecular formula is C18H13FO4. The normalized spacial score (nSPS) is 14.6. The second-order valence-corrected chi connectivity index (χ2v) is 5.20. The van der Waals surface area contributed by atoms with E-state index in [1.54, 1.807) is 25.1 Å². The average Bonchev–Trinajstić information content (AvgIpc) is 2.75. The van der Waals surface area contributed by atoms with E-state index in [1.165, 1.54) is 31.2 Å². The first-order valence-electron chi connectivity index (χ1n) is 6.97. The van der Waals surface area contributed by atoms with Crippen LogP contribution in [0.2, 0.25) is 0 Å². The molecule has 23 heavy (non-hydrogen) atoms. The van der Waals surface area contributed by atoms with Gasteiger partial charge >= 0.3 is 5.97 Å². The zero-order chi connectivity index (χ0) is 16.6. The highest BCUT2D eigenvalue weighted by Gasteiger charge is 2.30. The largest absolute Gasteiger partial charge is 0.452 e. The maximum Gasteiger partial charge on any atom is 0.308 e. The predicted molar refractivity (Wildman–Crippen MR) is 81.8 cm³/mol. The summed E-state index contributed by atoms with van der Waals surface area (Å²) in [5.74, 6) is -0.382. The van der Waals surface area contributed by atoms with E-state index in [0.717, 1.165) is 0 Å². The molecule has 0 fully saturated rings. The summed E-state index contributed by atoms with van der Waals surface area (Å²) in [5, 5.41) is 0. The van der Waals surface area contributed by atoms with Crippen molar-refractivity contribution in [2.24, 2.45) is 0 Å². The number of rotatable bonds is 2. The first kappa shape index (κ1) is 15.0. The molecule has 5 heteroatoms. The molecule has 0 amide bonds. The molecule has 0 saturated carbocycles. The molecule has 0 aliphatic carbocycles. The Morgan fingerprint density at radius 2 is 2.04 bits per heavy atom. The molecule has 0 saturated heterocycles. The first-order chi connectivity index (χ1) is 10.9. The topological polar surface area (TPSA) is 52.6 Å². The van der Waals surface area contributed by atoms with Crippen LogP contribution in [0.25, 0.3) is 6.08 Å². The molecule has 0 radical (unpaired) electrons. The highest BCUT2D eigenvalue weighted by molar-refractivity contribution is 6.15. The van der Waals surface area contributed by atoms with Crippen LogP contribution >= 0.6 is 0 Å². The van der Waals surface area contributed by atoms with Crippen LogP contribution in [-0.2, 0) is 4.79 Å². The summed E-state index contributed by atoms with van der Waals surface area (Å²) < 4.78 is 23.8. The van der Waals surface area contributed by atoms with Gasteiger partial charge in [-0.15, -0.1) is 0 Å². The SMILES string of the molecule is CC(=O)Oc1cc(C)c2c(c1)O/C(=C\c1cccc(F)c1)C2=O. The Bertz CT molecular complexity index is 852. The number of Topliss-reactive ketones (excluding diaryl/α,β-unsaturated/α-hetero) is 1. The Kier molecular flexibility index (Phi) is 3.70. The second-order valence-electron chi connectivity index (χ2n) is 5.20. The summed E-state index contributed by atoms with van der Waals surface area (Å²) in [4.78, 5) is 23.5. The van der Waals surface area contributed by atoms with E-state index in [4.69, 9.17) is 9.47 Å². The van der Waals surface area contributed by atoms with Crippen LogP contribution in [0.15, 0.2) is 42.2 Å². The number of aryl methyl sites for hydroxylation is 1. The van der Waals surface area contributed by atoms with Crippen molar-refractivity contribution in [3.05, 3.63) is 64.7 Å². The number of fused-ring (bicyclic) bond motifs is 1. The molecule has 0 N–H and O–H groups in total. The summed E-state index contributed by atoms with van der Waals surface area (Å²) in [6.07, 6.45) is 1.48. The lowest BCUT2D eigenvalue weighted by atomic mass is 10.0. The van der Waals surface area contributed by atoms with Gasteiger partial charge < -0.3 is 9.47 Å². The van der Waals surface area contributed by atoms with E-state index in [2.05, 4.69) is 0 Å². The van der Waals surface area contributed by atoms with E-state index in [0.29, 0.717) is 28.2 Å². The molecule has 0 spiro atoms. The Labute approximate surface area is 132 Å². The van der Waals surface area contributed by atoms with Crippen LogP contribution < -0.4 is 9.47 Å². The molecule has 0 bridgehead atoms. The number of esters is 1. The third-order valence-corrected chi connectivity index (χ3v) is 3.35. The number of carbonyl (C=O) groups is 2. The summed E-state index contributed by atoms with van der Waals surface area (Å²) in [5.41, 5.74) is 1.59. The van der Waals surface area contributed by atoms with E-state index < -0.39 is 11.8 Å². The molecule has 1 heterocycles. The highest BCUT2D eigenvalue weighted by Crippen LogP contribution is 2.37. The zero-order valence-corrected chi connectivity index (χ0v) is 12.6. The van der Waals surface area contributed by atoms with Crippen LogP contribution in [0.3, 0.4) is 0 Å². The molecule has 1 aliphatic rings. The van der Waals surface area contributed by atoms with E-state index in [-0.39, 0.29) is 11.5 Å². The number of halogens is 1. The number of ketones is 1. The van der Waals surface area contributed by atoms with E-state index >= 15 is 0 Å². The maximum absolute atomic E-state index is 13.2. The molecule has 0 atom stereocenters. The molecule has 1 aliphatic heterocycles. The van der Waals surface area contributed by atoms with Crippen molar-refractivity contribution in [1.82, 2.24) is 0 Å². The lowest BCUT2D eigenvalue weighted by molar-refractivity contribution is -0.131. The molecule has 0 unspecified atom stereocenters. The first-order valence-corrected chi connectivity index (χ1v) is 6.97. The number of allylic oxidation sites excluding steroid dienone is 1. The minimum absolute atomic E-state index is 0.105. The summed E-state index contributed by atoms with van der Waals surface area (Å²) >= 11 is 0. The molecule has 116 valence electrons. The van der Waals surface area contributed by atoms with Crippen LogP contribution in [0.4, 0.5) is 4.39 Å². The average molecular weight is 312 g/mol. The van der Waals surface area contributed by atoms with Crippen molar-refractivity contribution in [2.75, 3.05) is 0 Å². The van der Waals surface area contributed by atoms with Crippen molar-refractivity contribution in [3.63, 3.8) is 0 Å². The van der Waals surface area contributed by atoms with E-state index in [1.807, 2.05) is 0 Å². The van der Waals surface area contributed by atoms with Gasteiger partial charge in [0.1, 0.15) is 17.3 Å². The van der Waals surface area contributed by atoms with Gasteiger partial charge in [-0.1, -0.05) is 12.1 Å². The Morgan fingerprint density at radius 3 is 2.74 bits per heavy atom. The molecule has 4 nitrogen and oxygen atoms in total. The fraction of sp³-hybridized carbons (Fsp3) is 0.111. The van der Waals surface area contributed by atoms with Gasteiger partial charge in [0.05, 0.1) is 5.56 Å². The number of ether oxygens (including phenoxy) is 2. The molecule has 0 aromatic heterocycles. The van der Waals surface area contributed by atoms with Gasteiger partial charge in [0, 0.05) is 13.0 Å². The third kappa shape index (κ3) is 2.99. The number of hydrogen-bond acceptors (Lipinski definition) is 4. The Hall–Kier alpha value is -2.95. The van der Waals surface area contributed by atoms with Gasteiger partial charge in [0.25, 0.3) is 0 Å². The molecular weight excluding hydrogens is 299 g/mol. The van der Waals surface area contributed by atoms with Crippen molar-refractivity contribution >= 4 is 17.8 Å². The zero-order valence-electron chi connectivity index (χ0n) is 12.6. The molecule has 3 rings (SSSR count).